The van der Waals surface area contributed by atoms with E-state index >= 15 is 0 Å². The van der Waals surface area contributed by atoms with Gasteiger partial charge in [-0.1, -0.05) is 36.4 Å². The van der Waals surface area contributed by atoms with Gasteiger partial charge in [0.15, 0.2) is 11.5 Å². The van der Waals surface area contributed by atoms with Crippen LogP contribution in [0.4, 0.5) is 11.4 Å². The fourth-order valence-corrected chi connectivity index (χ4v) is 5.64. The van der Waals surface area contributed by atoms with Crippen LogP contribution in [0.25, 0.3) is 0 Å². The molecule has 0 bridgehead atoms. The molecule has 40 heavy (non-hydrogen) atoms. The lowest BCUT2D eigenvalue weighted by atomic mass is 10.1. The van der Waals surface area contributed by atoms with E-state index in [2.05, 4.69) is 5.32 Å². The van der Waals surface area contributed by atoms with Crippen LogP contribution in [0.15, 0.2) is 95.9 Å². The number of anilines is 2. The second-order valence-corrected chi connectivity index (χ2v) is 11.1. The molecule has 4 aromatic carbocycles. The molecule has 1 N–H and O–H groups in total. The van der Waals surface area contributed by atoms with Crippen LogP contribution >= 0.6 is 0 Å². The predicted molar refractivity (Wildman–Crippen MR) is 156 cm³/mol. The summed E-state index contributed by atoms with van der Waals surface area (Å²) in [6.45, 7) is 3.73. The molecule has 0 radical (unpaired) electrons. The van der Waals surface area contributed by atoms with E-state index in [0.717, 1.165) is 21.0 Å². The summed E-state index contributed by atoms with van der Waals surface area (Å²) >= 11 is 0. The molecule has 208 valence electrons. The zero-order valence-electron chi connectivity index (χ0n) is 22.9. The van der Waals surface area contributed by atoms with Crippen LogP contribution in [0.5, 0.6) is 17.2 Å². The number of sulfonamides is 1. The van der Waals surface area contributed by atoms with E-state index in [9.17, 15) is 13.2 Å². The van der Waals surface area contributed by atoms with Crippen molar-refractivity contribution in [2.45, 2.75) is 25.3 Å². The Morgan fingerprint density at radius 2 is 1.45 bits per heavy atom. The van der Waals surface area contributed by atoms with E-state index in [1.165, 1.54) is 32.4 Å². The third-order valence-corrected chi connectivity index (χ3v) is 7.88. The first-order valence-corrected chi connectivity index (χ1v) is 14.0. The average molecular weight is 561 g/mol. The molecule has 0 atom stereocenters. The zero-order valence-corrected chi connectivity index (χ0v) is 23.7. The van der Waals surface area contributed by atoms with Gasteiger partial charge in [-0.15, -0.1) is 0 Å². The molecule has 0 heterocycles. The van der Waals surface area contributed by atoms with Gasteiger partial charge in [0, 0.05) is 11.8 Å². The normalized spacial score (nSPS) is 11.0. The lowest BCUT2D eigenvalue weighted by molar-refractivity contribution is -0.114. The van der Waals surface area contributed by atoms with E-state index < -0.39 is 22.5 Å². The molecule has 0 aromatic heterocycles. The first-order valence-electron chi connectivity index (χ1n) is 12.6. The van der Waals surface area contributed by atoms with Crippen LogP contribution in [0.2, 0.25) is 0 Å². The molecule has 0 aliphatic heterocycles. The molecular weight excluding hydrogens is 528 g/mol. The summed E-state index contributed by atoms with van der Waals surface area (Å²) in [4.78, 5) is 13.1. The molecule has 1 amide bonds. The van der Waals surface area contributed by atoms with Crippen molar-refractivity contribution >= 4 is 27.3 Å². The number of hydrogen-bond acceptors (Lipinski definition) is 6. The number of hydrogen-bond donors (Lipinski definition) is 1. The van der Waals surface area contributed by atoms with E-state index in [1.807, 2.05) is 50.2 Å². The number of aryl methyl sites for hydroxylation is 2. The molecule has 9 heteroatoms. The lowest BCUT2D eigenvalue weighted by Gasteiger charge is -2.25. The predicted octanol–water partition coefficient (Wildman–Crippen LogP) is 5.73. The van der Waals surface area contributed by atoms with Gasteiger partial charge in [-0.2, -0.15) is 0 Å². The van der Waals surface area contributed by atoms with Gasteiger partial charge in [0.25, 0.3) is 10.0 Å². The number of amides is 1. The van der Waals surface area contributed by atoms with Crippen LogP contribution in [-0.2, 0) is 21.4 Å². The first-order chi connectivity index (χ1) is 19.2. The molecule has 0 saturated heterocycles. The largest absolute Gasteiger partial charge is 0.493 e. The molecule has 0 unspecified atom stereocenters. The molecule has 0 spiro atoms. The maximum atomic E-state index is 13.9. The molecule has 8 nitrogen and oxygen atoms in total. The summed E-state index contributed by atoms with van der Waals surface area (Å²) in [6.07, 6.45) is 0. The summed E-state index contributed by atoms with van der Waals surface area (Å²) in [7, 11) is -1.25. The van der Waals surface area contributed by atoms with E-state index in [-0.39, 0.29) is 10.6 Å². The minimum Gasteiger partial charge on any atom is -0.493 e. The van der Waals surface area contributed by atoms with E-state index in [0.29, 0.717) is 29.5 Å². The molecule has 0 fully saturated rings. The monoisotopic (exact) mass is 560 g/mol. The SMILES string of the molecule is COc1ccc(S(=O)(=O)N(CC(=O)Nc2ccc(OCc3ccccc3)cc2)c2cc(C)cc(C)c2)cc1OC. The van der Waals surface area contributed by atoms with Crippen molar-refractivity contribution in [3.05, 3.63) is 108 Å². The maximum Gasteiger partial charge on any atom is 0.264 e. The second-order valence-electron chi connectivity index (χ2n) is 9.22. The van der Waals surface area contributed by atoms with Crippen molar-refractivity contribution in [2.75, 3.05) is 30.4 Å². The zero-order chi connectivity index (χ0) is 28.7. The highest BCUT2D eigenvalue weighted by Gasteiger charge is 2.29. The van der Waals surface area contributed by atoms with E-state index in [1.54, 1.807) is 36.4 Å². The van der Waals surface area contributed by atoms with Gasteiger partial charge in [0.05, 0.1) is 24.8 Å². The van der Waals surface area contributed by atoms with Gasteiger partial charge in [-0.05, 0) is 79.1 Å². The Morgan fingerprint density at radius 1 is 0.800 bits per heavy atom. The summed E-state index contributed by atoms with van der Waals surface area (Å²) in [5.41, 5.74) is 3.68. The highest BCUT2D eigenvalue weighted by atomic mass is 32.2. The number of nitrogens with zero attached hydrogens (tertiary/aromatic N) is 1. The topological polar surface area (TPSA) is 94.2 Å². The van der Waals surface area contributed by atoms with E-state index in [4.69, 9.17) is 14.2 Å². The van der Waals surface area contributed by atoms with Gasteiger partial charge in [-0.25, -0.2) is 8.42 Å². The lowest BCUT2D eigenvalue weighted by Crippen LogP contribution is -2.38. The van der Waals surface area contributed by atoms with Crippen molar-refractivity contribution in [3.63, 3.8) is 0 Å². The summed E-state index contributed by atoms with van der Waals surface area (Å²) in [5.74, 6) is 0.812. The number of carbonyl (C=O) groups excluding carboxylic acids is 1. The Labute approximate surface area is 235 Å². The number of nitrogens with one attached hydrogen (secondary N) is 1. The van der Waals surface area contributed by atoms with Crippen LogP contribution in [-0.4, -0.2) is 35.1 Å². The Balaban J connectivity index is 1.55. The fourth-order valence-electron chi connectivity index (χ4n) is 4.22. The van der Waals surface area contributed by atoms with Crippen LogP contribution < -0.4 is 23.8 Å². The van der Waals surface area contributed by atoms with Crippen LogP contribution in [0.3, 0.4) is 0 Å². The third-order valence-electron chi connectivity index (χ3n) is 6.11. The fraction of sp³-hybridized carbons (Fsp3) is 0.194. The van der Waals surface area contributed by atoms with Gasteiger partial charge in [-0.3, -0.25) is 9.10 Å². The molecule has 0 aliphatic rings. The molecule has 0 aliphatic carbocycles. The quantitative estimate of drug-likeness (QED) is 0.252. The highest BCUT2D eigenvalue weighted by molar-refractivity contribution is 7.92. The molecular formula is C31H32N2O6S. The summed E-state index contributed by atoms with van der Waals surface area (Å²) in [6, 6.07) is 26.5. The Morgan fingerprint density at radius 3 is 2.08 bits per heavy atom. The number of methoxy groups -OCH3 is 2. The number of carbonyl (C=O) groups is 1. The van der Waals surface area contributed by atoms with Gasteiger partial charge in [0.2, 0.25) is 5.91 Å². The van der Waals surface area contributed by atoms with Crippen molar-refractivity contribution in [1.29, 1.82) is 0 Å². The van der Waals surface area contributed by atoms with Gasteiger partial charge >= 0.3 is 0 Å². The Hall–Kier alpha value is -4.50. The third kappa shape index (κ3) is 6.92. The minimum atomic E-state index is -4.16. The molecule has 0 saturated carbocycles. The molecule has 4 aromatic rings. The van der Waals surface area contributed by atoms with Crippen LogP contribution in [0, 0.1) is 13.8 Å². The minimum absolute atomic E-state index is 0.0305. The first kappa shape index (κ1) is 28.5. The van der Waals surface area contributed by atoms with Crippen molar-refractivity contribution in [3.8, 4) is 17.2 Å². The van der Waals surface area contributed by atoms with Gasteiger partial charge < -0.3 is 19.5 Å². The smallest absolute Gasteiger partial charge is 0.264 e. The standard InChI is InChI=1S/C31H32N2O6S/c1-22-16-23(2)18-26(17-22)33(40(35,36)28-14-15-29(37-3)30(19-28)38-4)20-31(34)32-25-10-12-27(13-11-25)39-21-24-8-6-5-7-9-24/h5-19H,20-21H2,1-4H3,(H,32,34). The highest BCUT2D eigenvalue weighted by Crippen LogP contribution is 2.33. The Bertz CT molecular complexity index is 1550. The number of rotatable bonds is 11. The van der Waals surface area contributed by atoms with Crippen LogP contribution in [0.1, 0.15) is 16.7 Å². The van der Waals surface area contributed by atoms with Gasteiger partial charge in [0.1, 0.15) is 18.9 Å². The second kappa shape index (κ2) is 12.6. The van der Waals surface area contributed by atoms with Crippen molar-refractivity contribution in [1.82, 2.24) is 0 Å². The summed E-state index contributed by atoms with van der Waals surface area (Å²) < 4.78 is 45.2. The summed E-state index contributed by atoms with van der Waals surface area (Å²) in [5, 5.41) is 2.79. The van der Waals surface area contributed by atoms with Crippen molar-refractivity contribution in [2.24, 2.45) is 0 Å². The molecule has 4 rings (SSSR count). The van der Waals surface area contributed by atoms with Crippen molar-refractivity contribution < 1.29 is 27.4 Å². The number of ether oxygens (including phenoxy) is 3. The average Bonchev–Trinajstić information content (AvgIpc) is 2.95. The Kier molecular flexibility index (Phi) is 8.96. The maximum absolute atomic E-state index is 13.9. The number of benzene rings is 4.